The van der Waals surface area contributed by atoms with Gasteiger partial charge in [0.05, 0.1) is 0 Å². The Labute approximate surface area is 129 Å². The predicted octanol–water partition coefficient (Wildman–Crippen LogP) is 2.13. The van der Waals surface area contributed by atoms with Gasteiger partial charge in [-0.1, -0.05) is 20.3 Å². The van der Waals surface area contributed by atoms with Crippen LogP contribution in [0.5, 0.6) is 0 Å². The van der Waals surface area contributed by atoms with Gasteiger partial charge in [-0.3, -0.25) is 4.79 Å². The Hall–Kier alpha value is -0.610. The van der Waals surface area contributed by atoms with Crippen LogP contribution in [0.4, 0.5) is 0 Å². The van der Waals surface area contributed by atoms with Crippen LogP contribution in [0.25, 0.3) is 0 Å². The van der Waals surface area contributed by atoms with Crippen LogP contribution in [-0.2, 0) is 4.79 Å². The highest BCUT2D eigenvalue weighted by Crippen LogP contribution is 2.38. The maximum absolute atomic E-state index is 12.0. The molecule has 122 valence electrons. The lowest BCUT2D eigenvalue weighted by Crippen LogP contribution is -2.58. The Bertz CT molecular complexity index is 343. The Morgan fingerprint density at radius 1 is 1.29 bits per heavy atom. The molecular weight excluding hydrogens is 262 g/mol. The summed E-state index contributed by atoms with van der Waals surface area (Å²) in [6, 6.07) is 0. The van der Waals surface area contributed by atoms with Crippen LogP contribution in [-0.4, -0.2) is 42.5 Å². The molecular formula is C17H33N3O. The van der Waals surface area contributed by atoms with Gasteiger partial charge in [0.2, 0.25) is 5.91 Å². The number of carbonyl (C=O) groups excluding carboxylic acids is 1. The minimum Gasteiger partial charge on any atom is -0.368 e. The topological polar surface area (TPSA) is 58.4 Å². The van der Waals surface area contributed by atoms with E-state index in [9.17, 15) is 4.79 Å². The molecule has 0 bridgehead atoms. The monoisotopic (exact) mass is 295 g/mol. The van der Waals surface area contributed by atoms with Gasteiger partial charge in [0.1, 0.15) is 5.54 Å². The van der Waals surface area contributed by atoms with Gasteiger partial charge in [-0.25, -0.2) is 0 Å². The first-order valence-corrected chi connectivity index (χ1v) is 8.89. The minimum absolute atomic E-state index is 0.143. The molecule has 2 rings (SSSR count). The average Bonchev–Trinajstić information content (AvgIpc) is 3.16. The zero-order valence-corrected chi connectivity index (χ0v) is 13.9. The molecule has 1 amide bonds. The smallest absolute Gasteiger partial charge is 0.238 e. The van der Waals surface area contributed by atoms with E-state index in [-0.39, 0.29) is 5.91 Å². The van der Waals surface area contributed by atoms with Gasteiger partial charge in [0.15, 0.2) is 0 Å². The van der Waals surface area contributed by atoms with Crippen molar-refractivity contribution in [2.24, 2.45) is 17.6 Å². The number of hydrogen-bond donors (Lipinski definition) is 2. The summed E-state index contributed by atoms with van der Waals surface area (Å²) in [5.74, 6) is 1.21. The molecule has 0 aromatic carbocycles. The van der Waals surface area contributed by atoms with Crippen molar-refractivity contribution in [3.05, 3.63) is 0 Å². The van der Waals surface area contributed by atoms with Crippen LogP contribution in [0.3, 0.4) is 0 Å². The second-order valence-corrected chi connectivity index (χ2v) is 6.99. The van der Waals surface area contributed by atoms with Gasteiger partial charge in [0.25, 0.3) is 0 Å². The van der Waals surface area contributed by atoms with Gasteiger partial charge < -0.3 is 16.0 Å². The Morgan fingerprint density at radius 3 is 2.62 bits per heavy atom. The van der Waals surface area contributed by atoms with E-state index >= 15 is 0 Å². The molecule has 0 aromatic heterocycles. The second-order valence-electron chi connectivity index (χ2n) is 6.99. The van der Waals surface area contributed by atoms with Gasteiger partial charge in [-0.15, -0.1) is 0 Å². The lowest BCUT2D eigenvalue weighted by atomic mass is 9.83. The Balaban J connectivity index is 1.90. The summed E-state index contributed by atoms with van der Waals surface area (Å²) in [5, 5.41) is 3.42. The van der Waals surface area contributed by atoms with E-state index < -0.39 is 5.54 Å². The quantitative estimate of drug-likeness (QED) is 0.649. The lowest BCUT2D eigenvalue weighted by Gasteiger charge is -2.34. The molecule has 4 nitrogen and oxygen atoms in total. The number of rotatable bonds is 10. The van der Waals surface area contributed by atoms with E-state index in [0.717, 1.165) is 44.7 Å². The normalized spacial score (nSPS) is 29.2. The van der Waals surface area contributed by atoms with Crippen LogP contribution in [0.2, 0.25) is 0 Å². The van der Waals surface area contributed by atoms with Gasteiger partial charge >= 0.3 is 0 Å². The van der Waals surface area contributed by atoms with Crippen molar-refractivity contribution < 1.29 is 4.79 Å². The molecule has 2 fully saturated rings. The van der Waals surface area contributed by atoms with Crippen LogP contribution in [0.15, 0.2) is 0 Å². The molecule has 21 heavy (non-hydrogen) atoms. The number of carbonyl (C=O) groups is 1. The van der Waals surface area contributed by atoms with Crippen LogP contribution in [0.1, 0.15) is 58.8 Å². The molecule has 4 heteroatoms. The highest BCUT2D eigenvalue weighted by molar-refractivity contribution is 5.85. The summed E-state index contributed by atoms with van der Waals surface area (Å²) in [7, 11) is 0. The first-order chi connectivity index (χ1) is 10.1. The number of likely N-dealkylation sites (N-methyl/N-ethyl adjacent to an activating group) is 1. The fourth-order valence-corrected chi connectivity index (χ4v) is 4.04. The highest BCUT2D eigenvalue weighted by atomic mass is 16.1. The molecule has 2 saturated carbocycles. The second kappa shape index (κ2) is 7.59. The molecule has 3 N–H and O–H groups in total. The Kier molecular flexibility index (Phi) is 6.06. The van der Waals surface area contributed by atoms with Gasteiger partial charge in [0, 0.05) is 6.54 Å². The summed E-state index contributed by atoms with van der Waals surface area (Å²) in [5.41, 5.74) is 5.31. The maximum Gasteiger partial charge on any atom is 0.238 e. The minimum atomic E-state index is -0.438. The molecule has 0 aromatic rings. The molecule has 0 radical (unpaired) electrons. The van der Waals surface area contributed by atoms with E-state index in [1.165, 1.54) is 32.4 Å². The van der Waals surface area contributed by atoms with E-state index in [4.69, 9.17) is 5.73 Å². The number of nitrogens with two attached hydrogens (primary N) is 1. The summed E-state index contributed by atoms with van der Waals surface area (Å²) in [6.07, 6.45) is 8.31. The maximum atomic E-state index is 12.0. The van der Waals surface area contributed by atoms with Gasteiger partial charge in [-0.05, 0) is 70.0 Å². The number of primary amides is 1. The lowest BCUT2D eigenvalue weighted by molar-refractivity contribution is -0.126. The predicted molar refractivity (Wildman–Crippen MR) is 87.0 cm³/mol. The first-order valence-electron chi connectivity index (χ1n) is 8.89. The van der Waals surface area contributed by atoms with Crippen molar-refractivity contribution in [1.29, 1.82) is 0 Å². The molecule has 2 unspecified atom stereocenters. The third-order valence-corrected chi connectivity index (χ3v) is 5.30. The Morgan fingerprint density at radius 2 is 2.05 bits per heavy atom. The largest absolute Gasteiger partial charge is 0.368 e. The van der Waals surface area contributed by atoms with Crippen molar-refractivity contribution in [3.63, 3.8) is 0 Å². The average molecular weight is 295 g/mol. The van der Waals surface area contributed by atoms with Crippen LogP contribution < -0.4 is 11.1 Å². The van der Waals surface area contributed by atoms with Crippen molar-refractivity contribution in [2.75, 3.05) is 26.2 Å². The molecule has 0 heterocycles. The van der Waals surface area contributed by atoms with Crippen molar-refractivity contribution in [1.82, 2.24) is 10.2 Å². The third-order valence-electron chi connectivity index (χ3n) is 5.30. The van der Waals surface area contributed by atoms with Crippen molar-refractivity contribution in [2.45, 2.75) is 64.3 Å². The molecule has 2 aliphatic carbocycles. The fourth-order valence-electron chi connectivity index (χ4n) is 4.04. The molecule has 0 saturated heterocycles. The van der Waals surface area contributed by atoms with E-state index in [0.29, 0.717) is 5.92 Å². The first kappa shape index (κ1) is 16.8. The van der Waals surface area contributed by atoms with Crippen molar-refractivity contribution in [3.8, 4) is 0 Å². The van der Waals surface area contributed by atoms with E-state index in [1.807, 2.05) is 0 Å². The van der Waals surface area contributed by atoms with Crippen LogP contribution in [0, 0.1) is 11.8 Å². The summed E-state index contributed by atoms with van der Waals surface area (Å²) in [6.45, 7) is 8.70. The summed E-state index contributed by atoms with van der Waals surface area (Å²) >= 11 is 0. The molecule has 0 spiro atoms. The van der Waals surface area contributed by atoms with E-state index in [1.54, 1.807) is 0 Å². The van der Waals surface area contributed by atoms with Gasteiger partial charge in [-0.2, -0.15) is 0 Å². The fraction of sp³-hybridized carbons (Fsp3) is 0.941. The number of amides is 1. The number of hydrogen-bond acceptors (Lipinski definition) is 3. The summed E-state index contributed by atoms with van der Waals surface area (Å²) in [4.78, 5) is 14.6. The molecule has 0 aliphatic heterocycles. The zero-order valence-electron chi connectivity index (χ0n) is 13.9. The zero-order chi connectivity index (χ0) is 15.3. The number of nitrogens with one attached hydrogen (secondary N) is 1. The SMILES string of the molecule is CCCN(CCC1CCCC1(NCC)C(N)=O)CC1CC1. The third kappa shape index (κ3) is 4.19. The highest BCUT2D eigenvalue weighted by Gasteiger charge is 2.46. The van der Waals surface area contributed by atoms with Crippen molar-refractivity contribution >= 4 is 5.91 Å². The van der Waals surface area contributed by atoms with Crippen LogP contribution >= 0.6 is 0 Å². The standard InChI is InChI=1S/C17H33N3O/c1-3-11-20(13-14-7-8-14)12-9-15-6-5-10-17(15,16(18)21)19-4-2/h14-15,19H,3-13H2,1-2H3,(H2,18,21). The molecule has 2 aliphatic rings. The molecule has 2 atom stereocenters. The number of nitrogens with zero attached hydrogens (tertiary/aromatic N) is 1. The van der Waals surface area contributed by atoms with E-state index in [2.05, 4.69) is 24.1 Å². The summed E-state index contributed by atoms with van der Waals surface area (Å²) < 4.78 is 0.